The van der Waals surface area contributed by atoms with E-state index in [1.54, 1.807) is 24.5 Å². The Labute approximate surface area is 157 Å². The van der Waals surface area contributed by atoms with Crippen molar-refractivity contribution >= 4 is 5.96 Å². The van der Waals surface area contributed by atoms with Crippen LogP contribution in [-0.4, -0.2) is 40.4 Å². The summed E-state index contributed by atoms with van der Waals surface area (Å²) < 4.78 is 31.7. The molecule has 0 aliphatic rings. The summed E-state index contributed by atoms with van der Waals surface area (Å²) in [4.78, 5) is 4.48. The average molecular weight is 380 g/mol. The molecule has 0 saturated heterocycles. The average Bonchev–Trinajstić information content (AvgIpc) is 3.08. The van der Waals surface area contributed by atoms with E-state index in [2.05, 4.69) is 30.6 Å². The number of aliphatic imine (C=N–C) groups is 1. The van der Waals surface area contributed by atoms with Crippen LogP contribution in [0.4, 0.5) is 8.78 Å². The third kappa shape index (κ3) is 6.50. The fourth-order valence-corrected chi connectivity index (χ4v) is 2.58. The van der Waals surface area contributed by atoms with Gasteiger partial charge in [0.15, 0.2) is 5.96 Å². The zero-order chi connectivity index (χ0) is 19.6. The Morgan fingerprint density at radius 2 is 2.11 bits per heavy atom. The first kappa shape index (κ1) is 20.6. The Hall–Kier alpha value is -2.71. The lowest BCUT2D eigenvalue weighted by Gasteiger charge is -2.14. The second kappa shape index (κ2) is 10.4. The number of halogens is 2. The maximum absolute atomic E-state index is 12.6. The number of nitrogens with zero attached hydrogens (tertiary/aromatic N) is 4. The highest BCUT2D eigenvalue weighted by molar-refractivity contribution is 5.79. The van der Waals surface area contributed by atoms with Crippen molar-refractivity contribution in [1.29, 1.82) is 0 Å². The van der Waals surface area contributed by atoms with E-state index in [9.17, 15) is 8.78 Å². The summed E-state index contributed by atoms with van der Waals surface area (Å²) in [6.45, 7) is 5.27. The first-order valence-corrected chi connectivity index (χ1v) is 8.96. The number of ether oxygens (including phenoxy) is 1. The molecule has 148 valence electrons. The number of hydrogen-bond donors (Lipinski definition) is 2. The van der Waals surface area contributed by atoms with Crippen molar-refractivity contribution in [2.45, 2.75) is 46.9 Å². The molecule has 1 aromatic carbocycles. The van der Waals surface area contributed by atoms with Crippen LogP contribution in [0, 0.1) is 6.92 Å². The van der Waals surface area contributed by atoms with Crippen LogP contribution in [0.2, 0.25) is 0 Å². The Balaban J connectivity index is 2.01. The van der Waals surface area contributed by atoms with E-state index in [-0.39, 0.29) is 12.3 Å². The zero-order valence-corrected chi connectivity index (χ0v) is 15.9. The first-order chi connectivity index (χ1) is 13.0. The van der Waals surface area contributed by atoms with Crippen molar-refractivity contribution < 1.29 is 13.5 Å². The third-order valence-electron chi connectivity index (χ3n) is 3.84. The summed E-state index contributed by atoms with van der Waals surface area (Å²) in [5.74, 6) is 1.67. The number of aromatic nitrogens is 3. The van der Waals surface area contributed by atoms with Crippen LogP contribution in [0.1, 0.15) is 30.8 Å². The predicted molar refractivity (Wildman–Crippen MR) is 100 cm³/mol. The van der Waals surface area contributed by atoms with Gasteiger partial charge in [-0.15, -0.1) is 10.2 Å². The van der Waals surface area contributed by atoms with Gasteiger partial charge in [-0.05, 0) is 19.9 Å². The fourth-order valence-electron chi connectivity index (χ4n) is 2.58. The maximum atomic E-state index is 12.6. The summed E-state index contributed by atoms with van der Waals surface area (Å²) in [7, 11) is 0. The Kier molecular flexibility index (Phi) is 7.97. The quantitative estimate of drug-likeness (QED) is 0.516. The molecule has 1 heterocycles. The Morgan fingerprint density at radius 3 is 2.81 bits per heavy atom. The van der Waals surface area contributed by atoms with E-state index in [1.165, 1.54) is 0 Å². The molecule has 0 aliphatic carbocycles. The van der Waals surface area contributed by atoms with Gasteiger partial charge in [0.25, 0.3) is 0 Å². The molecule has 0 saturated carbocycles. The number of aryl methyl sites for hydroxylation is 2. The topological polar surface area (TPSA) is 76.4 Å². The lowest BCUT2D eigenvalue weighted by molar-refractivity contribution is -0.0504. The minimum Gasteiger partial charge on any atom is -0.434 e. The molecule has 0 spiro atoms. The first-order valence-electron chi connectivity index (χ1n) is 8.96. The molecule has 1 aromatic heterocycles. The van der Waals surface area contributed by atoms with Crippen LogP contribution in [0.15, 0.2) is 29.5 Å². The van der Waals surface area contributed by atoms with Gasteiger partial charge in [0.1, 0.15) is 17.9 Å². The van der Waals surface area contributed by atoms with Crippen LogP contribution in [0.3, 0.4) is 0 Å². The molecule has 27 heavy (non-hydrogen) atoms. The van der Waals surface area contributed by atoms with Gasteiger partial charge in [-0.2, -0.15) is 8.78 Å². The van der Waals surface area contributed by atoms with Gasteiger partial charge in [0.05, 0.1) is 6.54 Å². The van der Waals surface area contributed by atoms with Crippen molar-refractivity contribution in [3.63, 3.8) is 0 Å². The van der Waals surface area contributed by atoms with E-state index in [0.717, 1.165) is 17.8 Å². The van der Waals surface area contributed by atoms with Gasteiger partial charge >= 0.3 is 6.61 Å². The summed E-state index contributed by atoms with van der Waals surface area (Å²) >= 11 is 0. The molecular weight excluding hydrogens is 354 g/mol. The monoisotopic (exact) mass is 380 g/mol. The molecule has 2 aromatic rings. The van der Waals surface area contributed by atoms with Gasteiger partial charge in [0, 0.05) is 31.6 Å². The minimum absolute atomic E-state index is 0.146. The molecule has 0 bridgehead atoms. The zero-order valence-electron chi connectivity index (χ0n) is 15.9. The minimum atomic E-state index is -2.86. The van der Waals surface area contributed by atoms with Crippen molar-refractivity contribution in [3.05, 3.63) is 41.5 Å². The van der Waals surface area contributed by atoms with E-state index in [4.69, 9.17) is 0 Å². The number of nitrogens with one attached hydrogen (secondary N) is 2. The molecule has 0 amide bonds. The lowest BCUT2D eigenvalue weighted by atomic mass is 10.1. The molecule has 0 radical (unpaired) electrons. The standard InChI is InChI=1S/C18H26F2N6O/c1-4-16-25-24-12-26(16)9-8-22-18(21-5-2)23-11-14-10-13(3)6-7-15(14)27-17(19)20/h6-7,10,12,17H,4-5,8-9,11H2,1-3H3,(H2,21,22,23). The Morgan fingerprint density at radius 1 is 1.30 bits per heavy atom. The highest BCUT2D eigenvalue weighted by atomic mass is 19.3. The largest absolute Gasteiger partial charge is 0.434 e. The molecule has 2 N–H and O–H groups in total. The second-order valence-corrected chi connectivity index (χ2v) is 5.91. The van der Waals surface area contributed by atoms with Gasteiger partial charge in [-0.3, -0.25) is 0 Å². The molecule has 0 unspecified atom stereocenters. The van der Waals surface area contributed by atoms with Gasteiger partial charge in [0.2, 0.25) is 0 Å². The summed E-state index contributed by atoms with van der Waals surface area (Å²) in [6, 6.07) is 5.08. The van der Waals surface area contributed by atoms with Crippen LogP contribution < -0.4 is 15.4 Å². The van der Waals surface area contributed by atoms with Crippen molar-refractivity contribution in [1.82, 2.24) is 25.4 Å². The van der Waals surface area contributed by atoms with Crippen LogP contribution >= 0.6 is 0 Å². The molecular formula is C18H26F2N6O. The normalized spacial score (nSPS) is 11.7. The molecule has 0 fully saturated rings. The van der Waals surface area contributed by atoms with E-state index in [1.807, 2.05) is 25.3 Å². The molecule has 2 rings (SSSR count). The summed E-state index contributed by atoms with van der Waals surface area (Å²) in [5, 5.41) is 14.3. The van der Waals surface area contributed by atoms with Crippen molar-refractivity contribution in [2.75, 3.05) is 13.1 Å². The number of hydrogen-bond acceptors (Lipinski definition) is 4. The fraction of sp³-hybridized carbons (Fsp3) is 0.500. The smallest absolute Gasteiger partial charge is 0.387 e. The SMILES string of the molecule is CCNC(=NCc1cc(C)ccc1OC(F)F)NCCn1cnnc1CC. The lowest BCUT2D eigenvalue weighted by Crippen LogP contribution is -2.39. The number of benzene rings is 1. The highest BCUT2D eigenvalue weighted by Gasteiger charge is 2.10. The van der Waals surface area contributed by atoms with Crippen molar-refractivity contribution in [3.8, 4) is 5.75 Å². The van der Waals surface area contributed by atoms with Crippen molar-refractivity contribution in [2.24, 2.45) is 4.99 Å². The van der Waals surface area contributed by atoms with Gasteiger partial charge in [-0.1, -0.05) is 24.6 Å². The number of rotatable bonds is 9. The molecule has 7 nitrogen and oxygen atoms in total. The highest BCUT2D eigenvalue weighted by Crippen LogP contribution is 2.22. The predicted octanol–water partition coefficient (Wildman–Crippen LogP) is 2.51. The third-order valence-corrected chi connectivity index (χ3v) is 3.84. The molecule has 9 heteroatoms. The van der Waals surface area contributed by atoms with E-state index in [0.29, 0.717) is 31.2 Å². The summed E-state index contributed by atoms with van der Waals surface area (Å²) in [6.07, 6.45) is 2.51. The van der Waals surface area contributed by atoms with Crippen LogP contribution in [-0.2, 0) is 19.5 Å². The second-order valence-electron chi connectivity index (χ2n) is 5.91. The van der Waals surface area contributed by atoms with E-state index >= 15 is 0 Å². The van der Waals surface area contributed by atoms with Crippen LogP contribution in [0.5, 0.6) is 5.75 Å². The summed E-state index contributed by atoms with van der Waals surface area (Å²) in [5.41, 5.74) is 1.57. The number of guanidine groups is 1. The Bertz CT molecular complexity index is 747. The van der Waals surface area contributed by atoms with Gasteiger partial charge < -0.3 is 19.9 Å². The molecule has 0 aliphatic heterocycles. The van der Waals surface area contributed by atoms with Crippen LogP contribution in [0.25, 0.3) is 0 Å². The maximum Gasteiger partial charge on any atom is 0.387 e. The molecule has 0 atom stereocenters. The number of alkyl halides is 2. The van der Waals surface area contributed by atoms with E-state index < -0.39 is 6.61 Å². The van der Waals surface area contributed by atoms with Gasteiger partial charge in [-0.25, -0.2) is 4.99 Å².